The van der Waals surface area contributed by atoms with Crippen molar-refractivity contribution in [2.24, 2.45) is 0 Å². The van der Waals surface area contributed by atoms with Crippen LogP contribution < -0.4 is 9.62 Å². The molecule has 7 nitrogen and oxygen atoms in total. The minimum atomic E-state index is -3.75. The van der Waals surface area contributed by atoms with E-state index in [4.69, 9.17) is 9.72 Å². The van der Waals surface area contributed by atoms with E-state index in [1.807, 2.05) is 49.4 Å². The van der Waals surface area contributed by atoms with Crippen LogP contribution in [0.1, 0.15) is 34.4 Å². The Morgan fingerprint density at radius 1 is 1.00 bits per heavy atom. The Bertz CT molecular complexity index is 1430. The highest BCUT2D eigenvalue weighted by molar-refractivity contribution is 7.92. The largest absolute Gasteiger partial charge is 0.445 e. The highest BCUT2D eigenvalue weighted by Crippen LogP contribution is 2.38. The van der Waals surface area contributed by atoms with E-state index in [0.717, 1.165) is 51.8 Å². The first-order valence-electron chi connectivity index (χ1n) is 12.7. The smallest absolute Gasteiger partial charge is 0.410 e. The number of pyridine rings is 1. The number of amides is 1. The molecular weight excluding hydrogens is 502 g/mol. The molecule has 0 unspecified atom stereocenters. The van der Waals surface area contributed by atoms with E-state index >= 15 is 0 Å². The summed E-state index contributed by atoms with van der Waals surface area (Å²) in [4.78, 5) is 20.0. The normalized spacial score (nSPS) is 15.4. The first-order valence-corrected chi connectivity index (χ1v) is 17.6. The number of sulfonamides is 1. The molecule has 1 amide bonds. The van der Waals surface area contributed by atoms with Gasteiger partial charge in [0.1, 0.15) is 14.7 Å². The summed E-state index contributed by atoms with van der Waals surface area (Å²) >= 11 is 0. The number of carbonyl (C=O) groups is 1. The number of nitrogens with zero attached hydrogens (tertiary/aromatic N) is 3. The predicted octanol–water partition coefficient (Wildman–Crippen LogP) is 4.73. The molecule has 0 N–H and O–H groups in total. The summed E-state index contributed by atoms with van der Waals surface area (Å²) in [5.74, 6) is 0. The maximum Gasteiger partial charge on any atom is 0.410 e. The summed E-state index contributed by atoms with van der Waals surface area (Å²) in [5.41, 5.74) is 5.53. The van der Waals surface area contributed by atoms with Crippen LogP contribution in [0.2, 0.25) is 19.6 Å². The van der Waals surface area contributed by atoms with E-state index in [-0.39, 0.29) is 12.7 Å². The number of ether oxygens (including phenoxy) is 1. The maximum atomic E-state index is 13.9. The lowest BCUT2D eigenvalue weighted by molar-refractivity contribution is 0.0952. The number of aryl methyl sites for hydroxylation is 1. The number of fused-ring (bicyclic) bond motifs is 3. The topological polar surface area (TPSA) is 79.8 Å². The van der Waals surface area contributed by atoms with E-state index < -0.39 is 18.1 Å². The number of anilines is 1. The van der Waals surface area contributed by atoms with Crippen molar-refractivity contribution >= 4 is 35.2 Å². The number of benzene rings is 2. The average molecular weight is 536 g/mol. The molecular formula is C28H33N3O4SSi. The van der Waals surface area contributed by atoms with E-state index in [1.165, 1.54) is 0 Å². The zero-order valence-corrected chi connectivity index (χ0v) is 23.6. The Morgan fingerprint density at radius 3 is 2.38 bits per heavy atom. The second-order valence-corrected chi connectivity index (χ2v) is 17.7. The molecule has 3 aromatic rings. The van der Waals surface area contributed by atoms with Crippen LogP contribution in [0.25, 0.3) is 0 Å². The summed E-state index contributed by atoms with van der Waals surface area (Å²) in [6, 6.07) is 16.6. The molecule has 194 valence electrons. The zero-order chi connectivity index (χ0) is 26.4. The van der Waals surface area contributed by atoms with Crippen LogP contribution in [0.4, 0.5) is 10.5 Å². The maximum absolute atomic E-state index is 13.9. The molecule has 0 saturated carbocycles. The molecule has 0 atom stereocenters. The molecule has 0 saturated heterocycles. The molecule has 0 radical (unpaired) electrons. The van der Waals surface area contributed by atoms with Gasteiger partial charge >= 0.3 is 6.09 Å². The number of hydrogen-bond donors (Lipinski definition) is 0. The van der Waals surface area contributed by atoms with Crippen molar-refractivity contribution in [3.05, 3.63) is 82.5 Å². The minimum absolute atomic E-state index is 0.209. The fourth-order valence-corrected chi connectivity index (χ4v) is 8.14. The van der Waals surface area contributed by atoms with Gasteiger partial charge in [0.2, 0.25) is 0 Å². The number of hydrogen-bond acceptors (Lipinski definition) is 5. The van der Waals surface area contributed by atoms with Gasteiger partial charge in [-0.3, -0.25) is 14.2 Å². The molecule has 2 aromatic carbocycles. The molecule has 37 heavy (non-hydrogen) atoms. The van der Waals surface area contributed by atoms with Gasteiger partial charge in [0.25, 0.3) is 10.0 Å². The summed E-state index contributed by atoms with van der Waals surface area (Å²) < 4.78 is 34.9. The fraction of sp³-hybridized carbons (Fsp3) is 0.357. The zero-order valence-electron chi connectivity index (χ0n) is 21.8. The highest BCUT2D eigenvalue weighted by atomic mass is 32.2. The third kappa shape index (κ3) is 4.90. The summed E-state index contributed by atoms with van der Waals surface area (Å²) in [6.07, 6.45) is 1.10. The van der Waals surface area contributed by atoms with Crippen LogP contribution in [0.5, 0.6) is 0 Å². The van der Waals surface area contributed by atoms with Crippen molar-refractivity contribution in [2.45, 2.75) is 64.0 Å². The van der Waals surface area contributed by atoms with Crippen LogP contribution in [0.15, 0.2) is 59.5 Å². The lowest BCUT2D eigenvalue weighted by atomic mass is 9.98. The highest BCUT2D eigenvalue weighted by Gasteiger charge is 2.40. The second-order valence-electron chi connectivity index (χ2n) is 10.9. The van der Waals surface area contributed by atoms with E-state index in [9.17, 15) is 13.2 Å². The van der Waals surface area contributed by atoms with Crippen molar-refractivity contribution < 1.29 is 17.9 Å². The summed E-state index contributed by atoms with van der Waals surface area (Å²) in [5, 5.41) is 0.885. The van der Waals surface area contributed by atoms with Gasteiger partial charge < -0.3 is 4.74 Å². The SMILES string of the molecule is Cc1ccc(S(=O)(=O)N2CCCc3c4c(nc([Si](C)(C)C)c32)CN(C(=O)OCc2ccccc2)C4)cc1. The first-order chi connectivity index (χ1) is 17.6. The first kappa shape index (κ1) is 25.5. The van der Waals surface area contributed by atoms with Gasteiger partial charge in [0.05, 0.1) is 29.4 Å². The molecule has 0 bridgehead atoms. The molecule has 9 heteroatoms. The van der Waals surface area contributed by atoms with Crippen molar-refractivity contribution in [1.29, 1.82) is 0 Å². The van der Waals surface area contributed by atoms with Crippen LogP contribution in [0, 0.1) is 6.92 Å². The van der Waals surface area contributed by atoms with Crippen molar-refractivity contribution in [2.75, 3.05) is 10.8 Å². The third-order valence-electron chi connectivity index (χ3n) is 6.98. The summed E-state index contributed by atoms with van der Waals surface area (Å²) in [7, 11) is -5.80. The molecule has 0 spiro atoms. The van der Waals surface area contributed by atoms with Crippen LogP contribution in [-0.2, 0) is 40.9 Å². The molecule has 0 aliphatic carbocycles. The average Bonchev–Trinajstić information content (AvgIpc) is 3.31. The molecule has 2 aliphatic rings. The van der Waals surface area contributed by atoms with Crippen molar-refractivity contribution in [3.8, 4) is 0 Å². The summed E-state index contributed by atoms with van der Waals surface area (Å²) in [6.45, 7) is 9.89. The van der Waals surface area contributed by atoms with Crippen LogP contribution in [-0.4, -0.2) is 39.0 Å². The second kappa shape index (κ2) is 9.61. The van der Waals surface area contributed by atoms with E-state index in [1.54, 1.807) is 21.3 Å². The van der Waals surface area contributed by atoms with E-state index in [2.05, 4.69) is 19.6 Å². The molecule has 3 heterocycles. The van der Waals surface area contributed by atoms with Crippen molar-refractivity contribution in [1.82, 2.24) is 9.88 Å². The quantitative estimate of drug-likeness (QED) is 0.442. The van der Waals surface area contributed by atoms with Gasteiger partial charge in [-0.2, -0.15) is 0 Å². The van der Waals surface area contributed by atoms with Gasteiger partial charge in [-0.1, -0.05) is 67.7 Å². The van der Waals surface area contributed by atoms with Crippen molar-refractivity contribution in [3.63, 3.8) is 0 Å². The molecule has 2 aliphatic heterocycles. The van der Waals surface area contributed by atoms with Crippen LogP contribution in [0.3, 0.4) is 0 Å². The van der Waals surface area contributed by atoms with Gasteiger partial charge in [0.15, 0.2) is 0 Å². The Kier molecular flexibility index (Phi) is 6.62. The van der Waals surface area contributed by atoms with Gasteiger partial charge in [-0.25, -0.2) is 13.2 Å². The minimum Gasteiger partial charge on any atom is -0.445 e. The Balaban J connectivity index is 1.51. The fourth-order valence-electron chi connectivity index (χ4n) is 5.05. The lowest BCUT2D eigenvalue weighted by Gasteiger charge is -2.35. The van der Waals surface area contributed by atoms with Gasteiger partial charge in [0, 0.05) is 17.4 Å². The monoisotopic (exact) mass is 535 g/mol. The standard InChI is InChI=1S/C28H33N3O4SSi/c1-20-12-14-22(15-13-20)36(33,34)31-16-8-11-23-24-17-30(28(32)35-19-21-9-6-5-7-10-21)18-25(24)29-27(26(23)31)37(2,3)4/h5-7,9-10,12-15H,8,11,16-19H2,1-4H3. The molecule has 5 rings (SSSR count). The Morgan fingerprint density at radius 2 is 1.70 bits per heavy atom. The molecule has 0 fully saturated rings. The third-order valence-corrected chi connectivity index (χ3v) is 10.6. The predicted molar refractivity (Wildman–Crippen MR) is 147 cm³/mol. The van der Waals surface area contributed by atoms with E-state index in [0.29, 0.717) is 24.5 Å². The Labute approximate surface area is 220 Å². The Hall–Kier alpha value is -3.17. The number of carbonyl (C=O) groups excluding carboxylic acids is 1. The lowest BCUT2D eigenvalue weighted by Crippen LogP contribution is -2.48. The molecule has 1 aromatic heterocycles. The number of rotatable bonds is 5. The number of aromatic nitrogens is 1. The van der Waals surface area contributed by atoms with Gasteiger partial charge in [-0.15, -0.1) is 0 Å². The van der Waals surface area contributed by atoms with Gasteiger partial charge in [-0.05, 0) is 43.0 Å². The van der Waals surface area contributed by atoms with Crippen LogP contribution >= 0.6 is 0 Å².